The SMILES string of the molecule is Cc1ccccc1-n1c(Cc2ccccc2)nnc1SCc1c(F)cccc1F. The van der Waals surface area contributed by atoms with Gasteiger partial charge in [0.25, 0.3) is 0 Å². The van der Waals surface area contributed by atoms with Gasteiger partial charge >= 0.3 is 0 Å². The van der Waals surface area contributed by atoms with E-state index in [1.807, 2.05) is 66.1 Å². The van der Waals surface area contributed by atoms with Crippen LogP contribution in [-0.4, -0.2) is 14.8 Å². The molecule has 3 nitrogen and oxygen atoms in total. The van der Waals surface area contributed by atoms with Gasteiger partial charge in [0.1, 0.15) is 17.5 Å². The average Bonchev–Trinajstić information content (AvgIpc) is 3.11. The summed E-state index contributed by atoms with van der Waals surface area (Å²) >= 11 is 1.27. The van der Waals surface area contributed by atoms with E-state index in [-0.39, 0.29) is 11.3 Å². The minimum atomic E-state index is -0.552. The molecule has 0 aliphatic carbocycles. The molecule has 1 heterocycles. The molecule has 0 amide bonds. The smallest absolute Gasteiger partial charge is 0.196 e. The van der Waals surface area contributed by atoms with Crippen molar-refractivity contribution in [2.24, 2.45) is 0 Å². The number of aryl methyl sites for hydroxylation is 1. The van der Waals surface area contributed by atoms with Gasteiger partial charge in [-0.15, -0.1) is 10.2 Å². The first kappa shape index (κ1) is 19.3. The van der Waals surface area contributed by atoms with Crippen LogP contribution in [0.3, 0.4) is 0 Å². The molecule has 0 aliphatic rings. The summed E-state index contributed by atoms with van der Waals surface area (Å²) in [4.78, 5) is 0. The van der Waals surface area contributed by atoms with Crippen molar-refractivity contribution in [2.45, 2.75) is 24.3 Å². The Balaban J connectivity index is 1.71. The Labute approximate surface area is 172 Å². The largest absolute Gasteiger partial charge is 0.273 e. The highest BCUT2D eigenvalue weighted by Crippen LogP contribution is 2.29. The fourth-order valence-corrected chi connectivity index (χ4v) is 4.13. The maximum absolute atomic E-state index is 14.0. The molecule has 0 aliphatic heterocycles. The molecule has 4 aromatic rings. The van der Waals surface area contributed by atoms with Crippen molar-refractivity contribution in [1.82, 2.24) is 14.8 Å². The summed E-state index contributed by atoms with van der Waals surface area (Å²) in [5.41, 5.74) is 3.19. The van der Waals surface area contributed by atoms with Crippen LogP contribution in [0.5, 0.6) is 0 Å². The van der Waals surface area contributed by atoms with E-state index in [1.54, 1.807) is 0 Å². The first-order chi connectivity index (χ1) is 14.1. The van der Waals surface area contributed by atoms with Gasteiger partial charge in [0.15, 0.2) is 5.16 Å². The van der Waals surface area contributed by atoms with Gasteiger partial charge in [-0.25, -0.2) is 8.78 Å². The molecule has 0 radical (unpaired) electrons. The topological polar surface area (TPSA) is 30.7 Å². The van der Waals surface area contributed by atoms with Crippen LogP contribution in [0.4, 0.5) is 8.78 Å². The summed E-state index contributed by atoms with van der Waals surface area (Å²) in [6.07, 6.45) is 0.608. The molecule has 0 N–H and O–H groups in total. The van der Waals surface area contributed by atoms with E-state index < -0.39 is 11.6 Å². The van der Waals surface area contributed by atoms with Crippen molar-refractivity contribution in [3.63, 3.8) is 0 Å². The number of benzene rings is 3. The van der Waals surface area contributed by atoms with Crippen LogP contribution in [0, 0.1) is 18.6 Å². The van der Waals surface area contributed by atoms with Gasteiger partial charge in [0.2, 0.25) is 0 Å². The second kappa shape index (κ2) is 8.57. The molecule has 0 unspecified atom stereocenters. The Kier molecular flexibility index (Phi) is 5.71. The zero-order valence-electron chi connectivity index (χ0n) is 15.8. The van der Waals surface area contributed by atoms with Crippen molar-refractivity contribution < 1.29 is 8.78 Å². The van der Waals surface area contributed by atoms with E-state index in [4.69, 9.17) is 0 Å². The Morgan fingerprint density at radius 2 is 1.52 bits per heavy atom. The number of rotatable bonds is 6. The Morgan fingerprint density at radius 1 is 0.828 bits per heavy atom. The number of halogens is 2. The van der Waals surface area contributed by atoms with E-state index in [2.05, 4.69) is 10.2 Å². The van der Waals surface area contributed by atoms with E-state index >= 15 is 0 Å². The predicted molar refractivity (Wildman–Crippen MR) is 111 cm³/mol. The van der Waals surface area contributed by atoms with E-state index in [1.165, 1.54) is 30.0 Å². The van der Waals surface area contributed by atoms with Crippen molar-refractivity contribution in [1.29, 1.82) is 0 Å². The highest BCUT2D eigenvalue weighted by molar-refractivity contribution is 7.98. The highest BCUT2D eigenvalue weighted by atomic mass is 32.2. The third kappa shape index (κ3) is 4.22. The third-order valence-corrected chi connectivity index (χ3v) is 5.62. The normalized spacial score (nSPS) is 11.0. The maximum atomic E-state index is 14.0. The lowest BCUT2D eigenvalue weighted by Gasteiger charge is -2.13. The molecule has 1 aromatic heterocycles. The first-order valence-electron chi connectivity index (χ1n) is 9.23. The second-order valence-corrected chi connectivity index (χ2v) is 7.61. The Hall–Kier alpha value is -2.99. The summed E-state index contributed by atoms with van der Waals surface area (Å²) < 4.78 is 30.1. The minimum absolute atomic E-state index is 0.0430. The summed E-state index contributed by atoms with van der Waals surface area (Å²) in [6, 6.07) is 21.9. The van der Waals surface area contributed by atoms with Gasteiger partial charge in [0, 0.05) is 17.7 Å². The number of aromatic nitrogens is 3. The molecular weight excluding hydrogens is 388 g/mol. The van der Waals surface area contributed by atoms with E-state index in [9.17, 15) is 8.78 Å². The molecule has 3 aromatic carbocycles. The fourth-order valence-electron chi connectivity index (χ4n) is 3.15. The molecule has 0 saturated heterocycles. The Bertz CT molecular complexity index is 1110. The zero-order valence-corrected chi connectivity index (χ0v) is 16.7. The average molecular weight is 407 g/mol. The minimum Gasteiger partial charge on any atom is -0.273 e. The molecule has 0 spiro atoms. The predicted octanol–water partition coefficient (Wildman–Crippen LogP) is 5.74. The first-order valence-corrected chi connectivity index (χ1v) is 10.2. The molecule has 6 heteroatoms. The zero-order chi connectivity index (χ0) is 20.2. The summed E-state index contributed by atoms with van der Waals surface area (Å²) in [6.45, 7) is 2.02. The van der Waals surface area contributed by atoms with Crippen LogP contribution in [0.15, 0.2) is 78.0 Å². The van der Waals surface area contributed by atoms with Crippen molar-refractivity contribution in [3.8, 4) is 5.69 Å². The second-order valence-electron chi connectivity index (χ2n) is 6.67. The van der Waals surface area contributed by atoms with Crippen molar-refractivity contribution >= 4 is 11.8 Å². The molecule has 4 rings (SSSR count). The summed E-state index contributed by atoms with van der Waals surface area (Å²) in [5.74, 6) is -0.191. The summed E-state index contributed by atoms with van der Waals surface area (Å²) in [7, 11) is 0. The maximum Gasteiger partial charge on any atom is 0.196 e. The van der Waals surface area contributed by atoms with Gasteiger partial charge in [-0.3, -0.25) is 4.57 Å². The highest BCUT2D eigenvalue weighted by Gasteiger charge is 2.18. The number of thioether (sulfide) groups is 1. The monoisotopic (exact) mass is 407 g/mol. The number of para-hydroxylation sites is 1. The number of hydrogen-bond donors (Lipinski definition) is 0. The van der Waals surface area contributed by atoms with Crippen molar-refractivity contribution in [2.75, 3.05) is 0 Å². The van der Waals surface area contributed by atoms with Crippen LogP contribution < -0.4 is 0 Å². The summed E-state index contributed by atoms with van der Waals surface area (Å²) in [5, 5.41) is 9.33. The van der Waals surface area contributed by atoms with Crippen LogP contribution in [0.2, 0.25) is 0 Å². The lowest BCUT2D eigenvalue weighted by atomic mass is 10.1. The standard InChI is InChI=1S/C23H19F2N3S/c1-16-8-5-6-13-21(16)28-22(14-17-9-3-2-4-10-17)26-27-23(28)29-15-18-19(24)11-7-12-20(18)25/h2-13H,14-15H2,1H3. The van der Waals surface area contributed by atoms with Gasteiger partial charge in [-0.2, -0.15) is 0 Å². The lowest BCUT2D eigenvalue weighted by Crippen LogP contribution is -2.05. The van der Waals surface area contributed by atoms with E-state index in [0.717, 1.165) is 22.6 Å². The fraction of sp³-hybridized carbons (Fsp3) is 0.130. The molecule has 29 heavy (non-hydrogen) atoms. The molecule has 0 atom stereocenters. The molecular formula is C23H19F2N3S. The van der Waals surface area contributed by atoms with Crippen molar-refractivity contribution in [3.05, 3.63) is 107 Å². The van der Waals surface area contributed by atoms with Crippen LogP contribution in [0.25, 0.3) is 5.69 Å². The van der Waals surface area contributed by atoms with Gasteiger partial charge < -0.3 is 0 Å². The Morgan fingerprint density at radius 3 is 2.24 bits per heavy atom. The number of hydrogen-bond acceptors (Lipinski definition) is 3. The quantitative estimate of drug-likeness (QED) is 0.382. The van der Waals surface area contributed by atoms with Crippen LogP contribution in [0.1, 0.15) is 22.5 Å². The lowest BCUT2D eigenvalue weighted by molar-refractivity contribution is 0.566. The van der Waals surface area contributed by atoms with Crippen LogP contribution >= 0.6 is 11.8 Å². The van der Waals surface area contributed by atoms with Crippen LogP contribution in [-0.2, 0) is 12.2 Å². The van der Waals surface area contributed by atoms with Gasteiger partial charge in [-0.1, -0.05) is 66.4 Å². The van der Waals surface area contributed by atoms with Gasteiger partial charge in [-0.05, 0) is 36.2 Å². The molecule has 146 valence electrons. The van der Waals surface area contributed by atoms with Gasteiger partial charge in [0.05, 0.1) is 5.69 Å². The van der Waals surface area contributed by atoms with E-state index in [0.29, 0.717) is 11.6 Å². The molecule has 0 fully saturated rings. The molecule has 0 saturated carbocycles. The molecule has 0 bridgehead atoms. The third-order valence-electron chi connectivity index (χ3n) is 4.67. The number of nitrogens with zero attached hydrogens (tertiary/aromatic N) is 3.